The van der Waals surface area contributed by atoms with E-state index in [1.165, 1.54) is 5.56 Å². The van der Waals surface area contributed by atoms with Gasteiger partial charge in [-0.25, -0.2) is 0 Å². The van der Waals surface area contributed by atoms with E-state index in [0.717, 1.165) is 44.8 Å². The van der Waals surface area contributed by atoms with Crippen molar-refractivity contribution in [3.05, 3.63) is 42.5 Å². The van der Waals surface area contributed by atoms with Gasteiger partial charge in [-0.05, 0) is 18.6 Å². The van der Waals surface area contributed by atoms with E-state index in [4.69, 9.17) is 4.74 Å². The first kappa shape index (κ1) is 14.7. The molecule has 6 heteroatoms. The summed E-state index contributed by atoms with van der Waals surface area (Å²) in [5.74, 6) is 0. The number of hydrogen-bond donors (Lipinski definition) is 1. The predicted molar refractivity (Wildman–Crippen MR) is 88.0 cm³/mol. The van der Waals surface area contributed by atoms with E-state index in [0.29, 0.717) is 6.04 Å². The minimum absolute atomic E-state index is 0.0160. The van der Waals surface area contributed by atoms with Crippen LogP contribution in [0, 0.1) is 0 Å². The first-order valence-corrected chi connectivity index (χ1v) is 8.21. The van der Waals surface area contributed by atoms with Crippen LogP contribution < -0.4 is 5.32 Å². The first-order valence-electron chi connectivity index (χ1n) is 8.21. The van der Waals surface area contributed by atoms with Crippen molar-refractivity contribution in [2.24, 2.45) is 7.05 Å². The van der Waals surface area contributed by atoms with E-state index in [-0.39, 0.29) is 5.60 Å². The fourth-order valence-electron chi connectivity index (χ4n) is 3.78. The van der Waals surface area contributed by atoms with Gasteiger partial charge in [-0.1, -0.05) is 0 Å². The summed E-state index contributed by atoms with van der Waals surface area (Å²) >= 11 is 0. The number of aromatic nitrogens is 3. The molecule has 1 spiro atoms. The molecule has 0 saturated carbocycles. The summed E-state index contributed by atoms with van der Waals surface area (Å²) in [5.41, 5.74) is 2.36. The highest BCUT2D eigenvalue weighted by Gasteiger charge is 2.45. The maximum atomic E-state index is 6.21. The molecule has 1 N–H and O–H groups in total. The zero-order valence-electron chi connectivity index (χ0n) is 13.5. The molecule has 4 heterocycles. The molecule has 0 radical (unpaired) electrons. The number of nitrogens with zero attached hydrogens (tertiary/aromatic N) is 4. The molecule has 2 aromatic rings. The lowest BCUT2D eigenvalue weighted by atomic mass is 9.97. The molecule has 2 fully saturated rings. The zero-order chi connectivity index (χ0) is 15.7. The predicted octanol–water partition coefficient (Wildman–Crippen LogP) is 1.66. The molecule has 2 unspecified atom stereocenters. The molecule has 0 aliphatic carbocycles. The average molecular weight is 313 g/mol. The summed E-state index contributed by atoms with van der Waals surface area (Å²) < 4.78 is 8.08. The van der Waals surface area contributed by atoms with E-state index >= 15 is 0 Å². The maximum Gasteiger partial charge on any atom is 0.0842 e. The molecule has 0 amide bonds. The molecule has 122 valence electrons. The first-order chi connectivity index (χ1) is 11.2. The van der Waals surface area contributed by atoms with E-state index < -0.39 is 0 Å². The highest BCUT2D eigenvalue weighted by atomic mass is 16.5. The summed E-state index contributed by atoms with van der Waals surface area (Å²) in [6.07, 6.45) is 9.88. The van der Waals surface area contributed by atoms with E-state index in [2.05, 4.69) is 32.6 Å². The second-order valence-electron chi connectivity index (χ2n) is 6.76. The molecule has 0 bridgehead atoms. The van der Waals surface area contributed by atoms with Crippen molar-refractivity contribution in [2.45, 2.75) is 31.0 Å². The van der Waals surface area contributed by atoms with Crippen LogP contribution in [0.3, 0.4) is 0 Å². The molecule has 4 rings (SSSR count). The quantitative estimate of drug-likeness (QED) is 0.930. The van der Waals surface area contributed by atoms with Gasteiger partial charge in [0.05, 0.1) is 30.1 Å². The van der Waals surface area contributed by atoms with Crippen molar-refractivity contribution in [2.75, 3.05) is 25.0 Å². The molecule has 2 aliphatic heterocycles. The van der Waals surface area contributed by atoms with Crippen LogP contribution in [0.2, 0.25) is 0 Å². The third-order valence-corrected chi connectivity index (χ3v) is 4.80. The molecule has 23 heavy (non-hydrogen) atoms. The lowest BCUT2D eigenvalue weighted by Crippen LogP contribution is -2.33. The Morgan fingerprint density at radius 3 is 3.17 bits per heavy atom. The van der Waals surface area contributed by atoms with Gasteiger partial charge < -0.3 is 10.1 Å². The Bertz CT molecular complexity index is 658. The minimum Gasteiger partial charge on any atom is -0.379 e. The highest BCUT2D eigenvalue weighted by Crippen LogP contribution is 2.36. The van der Waals surface area contributed by atoms with Crippen LogP contribution in [-0.4, -0.2) is 51.0 Å². The Balaban J connectivity index is 1.34. The lowest BCUT2D eigenvalue weighted by molar-refractivity contribution is 0.0120. The topological polar surface area (TPSA) is 55.2 Å². The van der Waals surface area contributed by atoms with Crippen molar-refractivity contribution in [3.8, 4) is 0 Å². The number of aryl methyl sites for hydroxylation is 1. The minimum atomic E-state index is 0.0160. The lowest BCUT2D eigenvalue weighted by Gasteiger charge is -2.23. The van der Waals surface area contributed by atoms with Crippen LogP contribution >= 0.6 is 0 Å². The van der Waals surface area contributed by atoms with Crippen molar-refractivity contribution < 1.29 is 4.74 Å². The van der Waals surface area contributed by atoms with Crippen LogP contribution in [0.5, 0.6) is 0 Å². The number of hydrogen-bond acceptors (Lipinski definition) is 5. The standard InChI is InChI=1S/C17H23N5O/c1-21-10-14(8-19-21)11-22-6-4-17(13-22)7-16(12-23-17)20-15-3-2-5-18-9-15/h2-3,5,8-10,16,20H,4,6-7,11-13H2,1H3. The van der Waals surface area contributed by atoms with E-state index in [9.17, 15) is 0 Å². The molecule has 6 nitrogen and oxygen atoms in total. The second-order valence-corrected chi connectivity index (χ2v) is 6.76. The Morgan fingerprint density at radius 2 is 2.39 bits per heavy atom. The van der Waals surface area contributed by atoms with Gasteiger partial charge in [0.2, 0.25) is 0 Å². The van der Waals surface area contributed by atoms with Crippen molar-refractivity contribution in [1.29, 1.82) is 0 Å². The monoisotopic (exact) mass is 313 g/mol. The molecular weight excluding hydrogens is 290 g/mol. The summed E-state index contributed by atoms with van der Waals surface area (Å²) in [5, 5.41) is 7.79. The molecule has 2 saturated heterocycles. The van der Waals surface area contributed by atoms with Gasteiger partial charge in [0.15, 0.2) is 0 Å². The second kappa shape index (κ2) is 5.94. The summed E-state index contributed by atoms with van der Waals surface area (Å²) in [7, 11) is 1.96. The third-order valence-electron chi connectivity index (χ3n) is 4.80. The smallest absolute Gasteiger partial charge is 0.0842 e. The van der Waals surface area contributed by atoms with E-state index in [1.54, 1.807) is 6.20 Å². The van der Waals surface area contributed by atoms with Gasteiger partial charge in [0, 0.05) is 57.3 Å². The van der Waals surface area contributed by atoms with Crippen LogP contribution in [0.1, 0.15) is 18.4 Å². The van der Waals surface area contributed by atoms with Crippen molar-refractivity contribution in [1.82, 2.24) is 19.7 Å². The third kappa shape index (κ3) is 3.23. The fourth-order valence-corrected chi connectivity index (χ4v) is 3.78. The SMILES string of the molecule is Cn1cc(CN2CCC3(CC(Nc4cccnc4)CO3)C2)cn1. The van der Waals surface area contributed by atoms with Crippen molar-refractivity contribution >= 4 is 5.69 Å². The van der Waals surface area contributed by atoms with Gasteiger partial charge in [-0.15, -0.1) is 0 Å². The highest BCUT2D eigenvalue weighted by molar-refractivity contribution is 5.41. The molecule has 2 aliphatic rings. The largest absolute Gasteiger partial charge is 0.379 e. The molecule has 2 aromatic heterocycles. The Morgan fingerprint density at radius 1 is 1.43 bits per heavy atom. The van der Waals surface area contributed by atoms with Gasteiger partial charge in [0.25, 0.3) is 0 Å². The molecule has 2 atom stereocenters. The molecular formula is C17H23N5O. The van der Waals surface area contributed by atoms with E-state index in [1.807, 2.05) is 30.2 Å². The number of rotatable bonds is 4. The van der Waals surface area contributed by atoms with Crippen LogP contribution in [-0.2, 0) is 18.3 Å². The Hall–Kier alpha value is -1.92. The number of pyridine rings is 1. The molecule has 0 aromatic carbocycles. The van der Waals surface area contributed by atoms with Gasteiger partial charge >= 0.3 is 0 Å². The summed E-state index contributed by atoms with van der Waals surface area (Å²) in [6, 6.07) is 4.39. The normalized spacial score (nSPS) is 27.8. The Labute approximate surface area is 136 Å². The summed E-state index contributed by atoms with van der Waals surface area (Å²) in [4.78, 5) is 6.63. The van der Waals surface area contributed by atoms with Crippen LogP contribution in [0.15, 0.2) is 36.9 Å². The maximum absolute atomic E-state index is 6.21. The average Bonchev–Trinajstić information content (AvgIpc) is 3.24. The van der Waals surface area contributed by atoms with Crippen LogP contribution in [0.25, 0.3) is 0 Å². The number of likely N-dealkylation sites (tertiary alicyclic amines) is 1. The fraction of sp³-hybridized carbons (Fsp3) is 0.529. The van der Waals surface area contributed by atoms with Crippen LogP contribution in [0.4, 0.5) is 5.69 Å². The number of ether oxygens (including phenoxy) is 1. The zero-order valence-corrected chi connectivity index (χ0v) is 13.5. The number of nitrogens with one attached hydrogen (secondary N) is 1. The number of anilines is 1. The van der Waals surface area contributed by atoms with Gasteiger partial charge in [-0.2, -0.15) is 5.10 Å². The van der Waals surface area contributed by atoms with Gasteiger partial charge in [-0.3, -0.25) is 14.6 Å². The Kier molecular flexibility index (Phi) is 3.79. The van der Waals surface area contributed by atoms with Gasteiger partial charge in [0.1, 0.15) is 0 Å². The van der Waals surface area contributed by atoms with Crippen molar-refractivity contribution in [3.63, 3.8) is 0 Å². The summed E-state index contributed by atoms with van der Waals surface area (Å²) in [6.45, 7) is 3.83.